The Hall–Kier alpha value is -4.55. The number of fused-ring (bicyclic) bond motifs is 3. The Labute approximate surface area is 316 Å². The molecule has 3 heterocycles. The van der Waals surface area contributed by atoms with E-state index in [-0.39, 0.29) is 29.9 Å². The maximum atomic E-state index is 13.7. The van der Waals surface area contributed by atoms with Gasteiger partial charge in [-0.3, -0.25) is 9.59 Å². The first-order chi connectivity index (χ1) is 25.8. The van der Waals surface area contributed by atoms with Gasteiger partial charge in [0.1, 0.15) is 24.4 Å². The molecule has 1 aliphatic carbocycles. The van der Waals surface area contributed by atoms with Crippen molar-refractivity contribution in [2.75, 3.05) is 63.1 Å². The third-order valence-electron chi connectivity index (χ3n) is 10.3. The van der Waals surface area contributed by atoms with Crippen LogP contribution in [0.3, 0.4) is 0 Å². The monoisotopic (exact) mass is 741 g/mol. The molecule has 4 aliphatic rings. The minimum Gasteiger partial charge on any atom is -0.456 e. The summed E-state index contributed by atoms with van der Waals surface area (Å²) >= 11 is 1.86. The van der Waals surface area contributed by atoms with E-state index in [0.29, 0.717) is 43.5 Å². The van der Waals surface area contributed by atoms with E-state index in [9.17, 15) is 14.4 Å². The average molecular weight is 742 g/mol. The van der Waals surface area contributed by atoms with Crippen LogP contribution in [-0.4, -0.2) is 93.4 Å². The number of ether oxygens (including phenoxy) is 1. The number of benzene rings is 3. The number of carbonyl (C=O) groups excluding carboxylic acids is 3. The number of nitrogens with one attached hydrogen (secondary N) is 4. The van der Waals surface area contributed by atoms with E-state index in [2.05, 4.69) is 94.8 Å². The van der Waals surface area contributed by atoms with Crippen LogP contribution in [0.25, 0.3) is 33.4 Å². The Morgan fingerprint density at radius 2 is 1.72 bits per heavy atom. The molecule has 11 nitrogen and oxygen atoms in total. The van der Waals surface area contributed by atoms with E-state index in [1.165, 1.54) is 0 Å². The molecule has 282 valence electrons. The highest BCUT2D eigenvalue weighted by molar-refractivity contribution is 8.00. The highest BCUT2D eigenvalue weighted by Gasteiger charge is 2.42. The summed E-state index contributed by atoms with van der Waals surface area (Å²) in [5.41, 5.74) is 5.18. The molecule has 0 radical (unpaired) electrons. The molecule has 3 atom stereocenters. The highest BCUT2D eigenvalue weighted by Crippen LogP contribution is 2.42. The summed E-state index contributed by atoms with van der Waals surface area (Å²) in [6.45, 7) is 13.6. The summed E-state index contributed by atoms with van der Waals surface area (Å²) < 4.78 is 14.7. The van der Waals surface area contributed by atoms with Crippen molar-refractivity contribution in [1.82, 2.24) is 25.8 Å². The first-order valence-electron chi connectivity index (χ1n) is 19.1. The maximum Gasteiger partial charge on any atom is 0.315 e. The topological polar surface area (TPSA) is 128 Å². The largest absolute Gasteiger partial charge is 0.456 e. The normalized spacial score (nSPS) is 17.7. The lowest BCUT2D eigenvalue weighted by molar-refractivity contribution is -0.121. The number of anilines is 1. The van der Waals surface area contributed by atoms with Gasteiger partial charge in [0, 0.05) is 83.5 Å². The minimum atomic E-state index is -0.182. The van der Waals surface area contributed by atoms with Crippen molar-refractivity contribution in [2.45, 2.75) is 64.3 Å². The summed E-state index contributed by atoms with van der Waals surface area (Å²) in [6, 6.07) is 20.7. The lowest BCUT2D eigenvalue weighted by Gasteiger charge is -2.22. The molecule has 0 bridgehead atoms. The Morgan fingerprint density at radius 3 is 2.49 bits per heavy atom. The second-order valence-corrected chi connectivity index (χ2v) is 14.7. The number of hydrogen-bond acceptors (Lipinski definition) is 7. The fourth-order valence-electron chi connectivity index (χ4n) is 7.52. The van der Waals surface area contributed by atoms with Gasteiger partial charge in [-0.25, -0.2) is 9.37 Å². The number of nitrogens with zero attached hydrogens (tertiary/aromatic N) is 2. The SMILES string of the molecule is CCN(CC)c1ccc2c(-c3ccccc3C(=O)NCCOCCNC(=O)CCCC3SC[C@@H]4NC(=O)N[C@H]34)c3ccc(=[N+](CC)CC)cc-3oc2c1. The number of carbonyl (C=O) groups is 3. The van der Waals surface area contributed by atoms with Crippen molar-refractivity contribution in [3.05, 3.63) is 71.6 Å². The smallest absolute Gasteiger partial charge is 0.315 e. The van der Waals surface area contributed by atoms with Gasteiger partial charge >= 0.3 is 6.03 Å². The van der Waals surface area contributed by atoms with Gasteiger partial charge in [-0.1, -0.05) is 18.2 Å². The van der Waals surface area contributed by atoms with E-state index in [0.717, 1.165) is 89.2 Å². The average Bonchev–Trinajstić information content (AvgIpc) is 3.73. The Bertz CT molecular complexity index is 1950. The van der Waals surface area contributed by atoms with Gasteiger partial charge in [0.25, 0.3) is 5.91 Å². The first-order valence-corrected chi connectivity index (χ1v) is 20.1. The van der Waals surface area contributed by atoms with E-state index < -0.39 is 0 Å². The molecule has 6 rings (SSSR count). The quantitative estimate of drug-likeness (QED) is 0.0516. The number of thioether (sulfide) groups is 1. The Kier molecular flexibility index (Phi) is 13.0. The highest BCUT2D eigenvalue weighted by atomic mass is 32.2. The van der Waals surface area contributed by atoms with Crippen LogP contribution in [0.4, 0.5) is 10.5 Å². The lowest BCUT2D eigenvalue weighted by Crippen LogP contribution is -2.37. The van der Waals surface area contributed by atoms with Crippen LogP contribution < -0.4 is 36.1 Å². The molecular weight excluding hydrogens is 689 g/mol. The third-order valence-corrected chi connectivity index (χ3v) is 11.8. The predicted molar refractivity (Wildman–Crippen MR) is 214 cm³/mol. The summed E-state index contributed by atoms with van der Waals surface area (Å²) in [5, 5.41) is 14.3. The molecule has 2 saturated heterocycles. The third kappa shape index (κ3) is 8.81. The molecule has 0 aromatic heterocycles. The summed E-state index contributed by atoms with van der Waals surface area (Å²) in [5.74, 6) is 1.50. The zero-order valence-corrected chi connectivity index (χ0v) is 32.2. The van der Waals surface area contributed by atoms with Crippen LogP contribution >= 0.6 is 11.8 Å². The Balaban J connectivity index is 1.08. The number of amides is 4. The van der Waals surface area contributed by atoms with Crippen LogP contribution in [-0.2, 0) is 9.53 Å². The lowest BCUT2D eigenvalue weighted by atomic mass is 9.90. The molecule has 53 heavy (non-hydrogen) atoms. The van der Waals surface area contributed by atoms with Crippen LogP contribution in [0, 0.1) is 0 Å². The maximum absolute atomic E-state index is 13.7. The standard InChI is InChI=1S/C41H52N6O5S/c1-5-46(6-2)27-16-18-31-34(24-27)52-35-25-28(47(7-3)8-4)17-19-32(35)38(31)29-12-9-10-13-30(29)40(49)43-21-23-51-22-20-42-37(48)15-11-14-36-39-33(26-53-36)44-41(50)45-39/h9-10,12-13,16-19,24-25,33,36,39H,5-8,11,14-15,20-23,26H2,1-4H3,(H3-,42,43,44,45,48,49,50)/p+1/t33-,36?,39-/m0/s1. The molecular formula is C41H53N6O5S+. The summed E-state index contributed by atoms with van der Waals surface area (Å²) in [4.78, 5) is 40.0. The van der Waals surface area contributed by atoms with Crippen molar-refractivity contribution in [2.24, 2.45) is 0 Å². The van der Waals surface area contributed by atoms with E-state index in [1.807, 2.05) is 36.0 Å². The summed E-state index contributed by atoms with van der Waals surface area (Å²) in [6.07, 6.45) is 2.11. The van der Waals surface area contributed by atoms with Gasteiger partial charge in [-0.2, -0.15) is 11.8 Å². The van der Waals surface area contributed by atoms with E-state index in [4.69, 9.17) is 9.15 Å². The molecule has 4 N–H and O–H groups in total. The Morgan fingerprint density at radius 1 is 0.943 bits per heavy atom. The molecule has 12 heteroatoms. The van der Waals surface area contributed by atoms with Gasteiger partial charge in [0.15, 0.2) is 0 Å². The van der Waals surface area contributed by atoms with Crippen LogP contribution in [0.15, 0.2) is 65.1 Å². The molecule has 3 aliphatic heterocycles. The van der Waals surface area contributed by atoms with Crippen molar-refractivity contribution >= 4 is 46.3 Å². The van der Waals surface area contributed by atoms with Crippen molar-refractivity contribution in [3.63, 3.8) is 0 Å². The second kappa shape index (κ2) is 18.0. The van der Waals surface area contributed by atoms with Gasteiger partial charge in [-0.05, 0) is 70.4 Å². The van der Waals surface area contributed by atoms with Crippen molar-refractivity contribution in [3.8, 4) is 22.5 Å². The van der Waals surface area contributed by atoms with Crippen LogP contribution in [0.2, 0.25) is 0 Å². The first kappa shape index (κ1) is 38.2. The van der Waals surface area contributed by atoms with Crippen molar-refractivity contribution in [1.29, 1.82) is 0 Å². The second-order valence-electron chi connectivity index (χ2n) is 13.5. The molecule has 2 aromatic carbocycles. The fraction of sp³-hybridized carbons (Fsp3) is 0.463. The molecule has 1 unspecified atom stereocenters. The van der Waals surface area contributed by atoms with Crippen molar-refractivity contribution < 1.29 is 23.5 Å². The number of urea groups is 1. The van der Waals surface area contributed by atoms with Gasteiger partial charge in [0.2, 0.25) is 11.3 Å². The molecule has 4 amide bonds. The molecule has 2 aromatic rings. The van der Waals surface area contributed by atoms with E-state index in [1.54, 1.807) is 0 Å². The minimum absolute atomic E-state index is 0.00560. The molecule has 0 saturated carbocycles. The van der Waals surface area contributed by atoms with Gasteiger partial charge < -0.3 is 35.3 Å². The number of rotatable bonds is 17. The number of hydrogen-bond donors (Lipinski definition) is 4. The predicted octanol–water partition coefficient (Wildman–Crippen LogP) is 5.06. The molecule has 2 fully saturated rings. The zero-order valence-electron chi connectivity index (χ0n) is 31.3. The zero-order chi connectivity index (χ0) is 37.3. The van der Waals surface area contributed by atoms with Crippen LogP contribution in [0.5, 0.6) is 0 Å². The molecule has 0 spiro atoms. The fourth-order valence-corrected chi connectivity index (χ4v) is 9.06. The van der Waals surface area contributed by atoms with Gasteiger partial charge in [0.05, 0.1) is 31.4 Å². The van der Waals surface area contributed by atoms with Crippen LogP contribution in [0.1, 0.15) is 57.3 Å². The summed E-state index contributed by atoms with van der Waals surface area (Å²) in [7, 11) is 0. The van der Waals surface area contributed by atoms with E-state index >= 15 is 0 Å². The van der Waals surface area contributed by atoms with Gasteiger partial charge in [-0.15, -0.1) is 0 Å².